The average molecular weight is 289 g/mol. The fraction of sp³-hybridized carbons (Fsp3) is 0.0769. The van der Waals surface area contributed by atoms with Crippen LogP contribution in [0.4, 0.5) is 0 Å². The summed E-state index contributed by atoms with van der Waals surface area (Å²) in [7, 11) is 0. The Hall–Kier alpha value is -1.64. The van der Waals surface area contributed by atoms with Crippen molar-refractivity contribution in [2.24, 2.45) is 0 Å². The molecule has 3 rings (SSSR count). The summed E-state index contributed by atoms with van der Waals surface area (Å²) in [6.45, 7) is 1.93. The zero-order valence-electron chi connectivity index (χ0n) is 9.25. The van der Waals surface area contributed by atoms with Gasteiger partial charge in [-0.05, 0) is 0 Å². The Labute approximate surface area is 104 Å². The molecule has 84 valence electrons. The van der Waals surface area contributed by atoms with E-state index in [1.807, 2.05) is 46.9 Å². The number of hydrogen-bond acceptors (Lipinski definition) is 2. The molecule has 0 unspecified atom stereocenters. The molecule has 0 saturated carbocycles. The number of aryl methyl sites for hydroxylation is 1. The van der Waals surface area contributed by atoms with Crippen molar-refractivity contribution in [3.8, 4) is 5.69 Å². The third kappa shape index (κ3) is 1.75. The van der Waals surface area contributed by atoms with Crippen molar-refractivity contribution in [1.82, 2.24) is 8.55 Å². The standard InChI is InChI=1S/C13H10N2OSe/c1-9-8-10(6-7-14-9)15-13(16)11-4-2-3-5-12(11)17-15/h2-8H,1H3. The van der Waals surface area contributed by atoms with Crippen LogP contribution in [0, 0.1) is 6.92 Å². The SMILES string of the molecule is Cc1cc(-n2[se]c3ccccc3c2=O)ccn1. The minimum absolute atomic E-state index is 0.0431. The second-order valence-corrected chi connectivity index (χ2v) is 5.91. The first-order chi connectivity index (χ1) is 8.25. The minimum atomic E-state index is 0.0431. The van der Waals surface area contributed by atoms with E-state index >= 15 is 0 Å². The van der Waals surface area contributed by atoms with Crippen LogP contribution in [0.15, 0.2) is 47.4 Å². The molecule has 0 aliphatic heterocycles. The van der Waals surface area contributed by atoms with Gasteiger partial charge in [-0.25, -0.2) is 0 Å². The van der Waals surface area contributed by atoms with E-state index in [1.54, 1.807) is 6.20 Å². The van der Waals surface area contributed by atoms with Crippen molar-refractivity contribution in [3.05, 3.63) is 58.6 Å². The molecule has 4 heteroatoms. The Morgan fingerprint density at radius 3 is 2.82 bits per heavy atom. The van der Waals surface area contributed by atoms with Crippen LogP contribution in [0.1, 0.15) is 5.69 Å². The summed E-state index contributed by atoms with van der Waals surface area (Å²) >= 11 is 0.0431. The first kappa shape index (κ1) is 10.5. The van der Waals surface area contributed by atoms with Crippen LogP contribution in [0.5, 0.6) is 0 Å². The Balaban J connectivity index is 2.31. The Morgan fingerprint density at radius 1 is 1.24 bits per heavy atom. The number of pyridine rings is 1. The van der Waals surface area contributed by atoms with Gasteiger partial charge in [0.15, 0.2) is 0 Å². The van der Waals surface area contributed by atoms with E-state index in [0.29, 0.717) is 0 Å². The van der Waals surface area contributed by atoms with E-state index in [4.69, 9.17) is 0 Å². The first-order valence-electron chi connectivity index (χ1n) is 5.30. The van der Waals surface area contributed by atoms with Gasteiger partial charge < -0.3 is 0 Å². The molecule has 17 heavy (non-hydrogen) atoms. The molecule has 3 aromatic rings. The van der Waals surface area contributed by atoms with E-state index in [1.165, 1.54) is 0 Å². The van der Waals surface area contributed by atoms with Crippen LogP contribution in [0.2, 0.25) is 0 Å². The van der Waals surface area contributed by atoms with Crippen molar-refractivity contribution in [2.45, 2.75) is 6.92 Å². The van der Waals surface area contributed by atoms with Gasteiger partial charge in [-0.3, -0.25) is 0 Å². The average Bonchev–Trinajstić information content (AvgIpc) is 2.68. The second kappa shape index (κ2) is 3.99. The van der Waals surface area contributed by atoms with Crippen molar-refractivity contribution in [1.29, 1.82) is 0 Å². The zero-order chi connectivity index (χ0) is 11.8. The summed E-state index contributed by atoms with van der Waals surface area (Å²) in [6.07, 6.45) is 1.75. The van der Waals surface area contributed by atoms with E-state index in [-0.39, 0.29) is 20.3 Å². The number of nitrogens with zero attached hydrogens (tertiary/aromatic N) is 2. The van der Waals surface area contributed by atoms with Gasteiger partial charge in [-0.1, -0.05) is 0 Å². The number of rotatable bonds is 1. The van der Waals surface area contributed by atoms with Gasteiger partial charge in [0.1, 0.15) is 0 Å². The molecule has 2 heterocycles. The Morgan fingerprint density at radius 2 is 2.06 bits per heavy atom. The van der Waals surface area contributed by atoms with E-state index in [2.05, 4.69) is 4.98 Å². The summed E-state index contributed by atoms with van der Waals surface area (Å²) < 4.78 is 3.01. The number of aromatic nitrogens is 2. The van der Waals surface area contributed by atoms with Crippen LogP contribution in [0.25, 0.3) is 15.3 Å². The molecule has 0 radical (unpaired) electrons. The molecule has 0 fully saturated rings. The molecule has 0 atom stereocenters. The van der Waals surface area contributed by atoms with Gasteiger partial charge in [0.2, 0.25) is 0 Å². The van der Waals surface area contributed by atoms with Gasteiger partial charge in [-0.15, -0.1) is 0 Å². The Kier molecular flexibility index (Phi) is 2.46. The van der Waals surface area contributed by atoms with Gasteiger partial charge in [0.25, 0.3) is 0 Å². The van der Waals surface area contributed by atoms with Gasteiger partial charge in [0.05, 0.1) is 0 Å². The maximum atomic E-state index is 12.2. The van der Waals surface area contributed by atoms with E-state index < -0.39 is 0 Å². The molecule has 0 amide bonds. The fourth-order valence-electron chi connectivity index (χ4n) is 1.80. The molecule has 0 N–H and O–H groups in total. The molecular formula is C13H10N2OSe. The summed E-state index contributed by atoms with van der Waals surface area (Å²) in [5, 5.41) is 0.835. The molecule has 3 nitrogen and oxygen atoms in total. The number of benzene rings is 1. The first-order valence-corrected chi connectivity index (χ1v) is 6.92. The van der Waals surface area contributed by atoms with Crippen LogP contribution >= 0.6 is 0 Å². The molecule has 1 aromatic carbocycles. The zero-order valence-corrected chi connectivity index (χ0v) is 11.0. The summed E-state index contributed by atoms with van der Waals surface area (Å²) in [5.74, 6) is 0. The molecule has 0 aliphatic carbocycles. The quantitative estimate of drug-likeness (QED) is 0.640. The van der Waals surface area contributed by atoms with Crippen molar-refractivity contribution >= 4 is 24.4 Å². The summed E-state index contributed by atoms with van der Waals surface area (Å²) in [5.41, 5.74) is 1.98. The van der Waals surface area contributed by atoms with Gasteiger partial charge >= 0.3 is 104 Å². The monoisotopic (exact) mass is 290 g/mol. The summed E-state index contributed by atoms with van der Waals surface area (Å²) in [6, 6.07) is 11.7. The molecule has 2 aromatic heterocycles. The number of hydrogen-bond donors (Lipinski definition) is 0. The van der Waals surface area contributed by atoms with Crippen LogP contribution in [-0.4, -0.2) is 23.3 Å². The van der Waals surface area contributed by atoms with E-state index in [0.717, 1.165) is 21.0 Å². The van der Waals surface area contributed by atoms with E-state index in [9.17, 15) is 4.79 Å². The van der Waals surface area contributed by atoms with Crippen molar-refractivity contribution in [2.75, 3.05) is 0 Å². The molecular weight excluding hydrogens is 279 g/mol. The number of fused-ring (bicyclic) bond motifs is 1. The van der Waals surface area contributed by atoms with Gasteiger partial charge in [-0.2, -0.15) is 0 Å². The van der Waals surface area contributed by atoms with Gasteiger partial charge in [0, 0.05) is 0 Å². The molecule has 0 saturated heterocycles. The van der Waals surface area contributed by atoms with Crippen LogP contribution < -0.4 is 5.56 Å². The third-order valence-electron chi connectivity index (χ3n) is 2.61. The Bertz CT molecular complexity index is 742. The fourth-order valence-corrected chi connectivity index (χ4v) is 3.88. The predicted molar refractivity (Wildman–Crippen MR) is 69.0 cm³/mol. The maximum absolute atomic E-state index is 12.2. The van der Waals surface area contributed by atoms with Crippen LogP contribution in [0.3, 0.4) is 0 Å². The second-order valence-electron chi connectivity index (χ2n) is 3.84. The normalized spacial score (nSPS) is 10.9. The molecule has 0 spiro atoms. The molecule has 0 bridgehead atoms. The van der Waals surface area contributed by atoms with Crippen molar-refractivity contribution < 1.29 is 0 Å². The topological polar surface area (TPSA) is 34.9 Å². The predicted octanol–water partition coefficient (Wildman–Crippen LogP) is 1.75. The molecule has 0 aliphatic rings. The van der Waals surface area contributed by atoms with Crippen LogP contribution in [-0.2, 0) is 0 Å². The third-order valence-corrected chi connectivity index (χ3v) is 4.94. The summed E-state index contributed by atoms with van der Waals surface area (Å²) in [4.78, 5) is 16.4. The van der Waals surface area contributed by atoms with Crippen molar-refractivity contribution in [3.63, 3.8) is 0 Å².